The monoisotopic (exact) mass is 430 g/mol. The van der Waals surface area contributed by atoms with Gasteiger partial charge in [0.15, 0.2) is 11.6 Å². The third-order valence-corrected chi connectivity index (χ3v) is 4.60. The van der Waals surface area contributed by atoms with Gasteiger partial charge < -0.3 is 9.47 Å². The van der Waals surface area contributed by atoms with Crippen molar-refractivity contribution < 1.29 is 27.0 Å². The van der Waals surface area contributed by atoms with Gasteiger partial charge in [-0.25, -0.2) is 4.39 Å². The highest BCUT2D eigenvalue weighted by Crippen LogP contribution is 2.38. The van der Waals surface area contributed by atoms with Crippen molar-refractivity contribution in [2.75, 3.05) is 6.61 Å². The first-order valence-corrected chi connectivity index (χ1v) is 9.85. The smallest absolute Gasteiger partial charge is 0.396 e. The minimum absolute atomic E-state index is 0.00670. The number of hydrogen-bond donors (Lipinski definition) is 0. The van der Waals surface area contributed by atoms with E-state index in [2.05, 4.69) is 0 Å². The van der Waals surface area contributed by atoms with Crippen molar-refractivity contribution in [1.29, 1.82) is 0 Å². The van der Waals surface area contributed by atoms with Gasteiger partial charge in [-0.05, 0) is 60.9 Å². The summed E-state index contributed by atoms with van der Waals surface area (Å²) in [6.07, 6.45) is -1.68. The summed E-state index contributed by atoms with van der Waals surface area (Å²) in [7, 11) is 0. The van der Waals surface area contributed by atoms with Crippen LogP contribution in [0.3, 0.4) is 0 Å². The molecule has 0 aliphatic carbocycles. The number of benzene rings is 3. The van der Waals surface area contributed by atoms with E-state index < -0.39 is 17.9 Å². The van der Waals surface area contributed by atoms with Gasteiger partial charge in [0, 0.05) is 0 Å². The number of hydrogen-bond acceptors (Lipinski definition) is 2. The van der Waals surface area contributed by atoms with Gasteiger partial charge in [0.05, 0.1) is 12.5 Å². The molecule has 1 atom stereocenters. The molecule has 0 N–H and O–H groups in total. The molecule has 3 aromatic carbocycles. The van der Waals surface area contributed by atoms with Crippen LogP contribution in [-0.4, -0.2) is 12.8 Å². The van der Waals surface area contributed by atoms with E-state index >= 15 is 0 Å². The van der Waals surface area contributed by atoms with Crippen molar-refractivity contribution in [1.82, 2.24) is 0 Å². The highest BCUT2D eigenvalue weighted by atomic mass is 19.4. The Bertz CT molecular complexity index is 996. The van der Waals surface area contributed by atoms with Crippen molar-refractivity contribution in [2.24, 2.45) is 0 Å². The second-order valence-electron chi connectivity index (χ2n) is 6.84. The summed E-state index contributed by atoms with van der Waals surface area (Å²) >= 11 is 0. The standard InChI is InChI=1S/C25H22F4O2/c1-2-30-20-14-12-19(13-15-20)22(25(27,28)29)10-6-7-18-11-16-23(26)24(17-18)31-21-8-4-3-5-9-21/h3-9,11-17,22H,2,10H2,1H3/b7-6-. The number of para-hydroxylation sites is 1. The van der Waals surface area contributed by atoms with Gasteiger partial charge >= 0.3 is 6.18 Å². The zero-order valence-electron chi connectivity index (χ0n) is 16.9. The average Bonchev–Trinajstić information content (AvgIpc) is 2.74. The molecule has 0 saturated heterocycles. The summed E-state index contributed by atoms with van der Waals surface area (Å²) in [6.45, 7) is 2.25. The van der Waals surface area contributed by atoms with E-state index in [0.29, 0.717) is 23.7 Å². The second kappa shape index (κ2) is 10.2. The summed E-state index contributed by atoms with van der Waals surface area (Å²) < 4.78 is 65.7. The van der Waals surface area contributed by atoms with E-state index in [9.17, 15) is 17.6 Å². The Balaban J connectivity index is 1.74. The number of allylic oxidation sites excluding steroid dienone is 1. The Morgan fingerprint density at radius 3 is 2.26 bits per heavy atom. The molecule has 2 nitrogen and oxygen atoms in total. The molecule has 0 aliphatic rings. The van der Waals surface area contributed by atoms with Crippen LogP contribution in [0.4, 0.5) is 17.6 Å². The largest absolute Gasteiger partial charge is 0.494 e. The third kappa shape index (κ3) is 6.35. The molecule has 0 fully saturated rings. The van der Waals surface area contributed by atoms with Crippen molar-refractivity contribution >= 4 is 6.08 Å². The van der Waals surface area contributed by atoms with Crippen LogP contribution < -0.4 is 9.47 Å². The van der Waals surface area contributed by atoms with Crippen LogP contribution in [0.1, 0.15) is 30.4 Å². The Morgan fingerprint density at radius 1 is 0.903 bits per heavy atom. The molecule has 6 heteroatoms. The van der Waals surface area contributed by atoms with Crippen LogP contribution in [0, 0.1) is 5.82 Å². The molecule has 0 amide bonds. The van der Waals surface area contributed by atoms with E-state index in [1.165, 1.54) is 54.6 Å². The first-order chi connectivity index (χ1) is 14.9. The topological polar surface area (TPSA) is 18.5 Å². The van der Waals surface area contributed by atoms with Crippen LogP contribution in [-0.2, 0) is 0 Å². The molecular weight excluding hydrogens is 408 g/mol. The fraction of sp³-hybridized carbons (Fsp3) is 0.200. The van der Waals surface area contributed by atoms with Gasteiger partial charge in [0.1, 0.15) is 11.5 Å². The number of alkyl halides is 3. The van der Waals surface area contributed by atoms with Crippen LogP contribution in [0.2, 0.25) is 0 Å². The quantitative estimate of drug-likeness (QED) is 0.340. The van der Waals surface area contributed by atoms with Crippen molar-refractivity contribution in [2.45, 2.75) is 25.4 Å². The SMILES string of the molecule is CCOc1ccc(C(C/C=C\c2ccc(F)c(Oc3ccccc3)c2)C(F)(F)F)cc1. The maximum absolute atomic E-state index is 14.1. The van der Waals surface area contributed by atoms with E-state index in [1.807, 2.05) is 13.0 Å². The van der Waals surface area contributed by atoms with Crippen LogP contribution in [0.15, 0.2) is 78.9 Å². The Hall–Kier alpha value is -3.28. The van der Waals surface area contributed by atoms with Gasteiger partial charge in [-0.3, -0.25) is 0 Å². The molecule has 31 heavy (non-hydrogen) atoms. The zero-order valence-corrected chi connectivity index (χ0v) is 16.9. The van der Waals surface area contributed by atoms with E-state index in [0.717, 1.165) is 0 Å². The molecule has 3 aromatic rings. The first kappa shape index (κ1) is 22.4. The Labute approximate surface area is 178 Å². The molecule has 162 valence electrons. The summed E-state index contributed by atoms with van der Waals surface area (Å²) in [5.41, 5.74) is 0.702. The summed E-state index contributed by atoms with van der Waals surface area (Å²) in [5, 5.41) is 0. The fourth-order valence-electron chi connectivity index (χ4n) is 3.08. The Kier molecular flexibility index (Phi) is 7.34. The normalized spacial score (nSPS) is 12.7. The van der Waals surface area contributed by atoms with Gasteiger partial charge in [-0.15, -0.1) is 0 Å². The van der Waals surface area contributed by atoms with Gasteiger partial charge in [-0.1, -0.05) is 48.6 Å². The maximum Gasteiger partial charge on any atom is 0.396 e. The summed E-state index contributed by atoms with van der Waals surface area (Å²) in [5.74, 6) is -1.20. The molecule has 0 aromatic heterocycles. The van der Waals surface area contributed by atoms with E-state index in [-0.39, 0.29) is 17.7 Å². The molecule has 3 rings (SSSR count). The lowest BCUT2D eigenvalue weighted by molar-refractivity contribution is -0.149. The number of ether oxygens (including phenoxy) is 2. The minimum Gasteiger partial charge on any atom is -0.494 e. The highest BCUT2D eigenvalue weighted by molar-refractivity contribution is 5.53. The first-order valence-electron chi connectivity index (χ1n) is 9.85. The average molecular weight is 430 g/mol. The summed E-state index contributed by atoms with van der Waals surface area (Å²) in [6, 6.07) is 18.8. The maximum atomic E-state index is 14.1. The van der Waals surface area contributed by atoms with Gasteiger partial charge in [-0.2, -0.15) is 13.2 Å². The zero-order chi connectivity index (χ0) is 22.3. The van der Waals surface area contributed by atoms with Gasteiger partial charge in [0.25, 0.3) is 0 Å². The highest BCUT2D eigenvalue weighted by Gasteiger charge is 2.39. The van der Waals surface area contributed by atoms with Crippen LogP contribution in [0.25, 0.3) is 6.08 Å². The lowest BCUT2D eigenvalue weighted by Crippen LogP contribution is -2.20. The predicted molar refractivity (Wildman–Crippen MR) is 113 cm³/mol. The number of rotatable bonds is 8. The fourth-order valence-corrected chi connectivity index (χ4v) is 3.08. The second-order valence-corrected chi connectivity index (χ2v) is 6.84. The number of halogens is 4. The summed E-state index contributed by atoms with van der Waals surface area (Å²) in [4.78, 5) is 0. The van der Waals surface area contributed by atoms with Crippen molar-refractivity contribution in [3.05, 3.63) is 95.8 Å². The molecule has 0 saturated carbocycles. The minimum atomic E-state index is -4.40. The molecule has 0 heterocycles. The molecule has 0 aliphatic heterocycles. The third-order valence-electron chi connectivity index (χ3n) is 4.60. The van der Waals surface area contributed by atoms with E-state index in [1.54, 1.807) is 24.3 Å². The molecular formula is C25H22F4O2. The van der Waals surface area contributed by atoms with Crippen LogP contribution in [0.5, 0.6) is 17.2 Å². The van der Waals surface area contributed by atoms with Crippen molar-refractivity contribution in [3.8, 4) is 17.2 Å². The van der Waals surface area contributed by atoms with E-state index in [4.69, 9.17) is 9.47 Å². The Morgan fingerprint density at radius 2 is 1.61 bits per heavy atom. The lowest BCUT2D eigenvalue weighted by Gasteiger charge is -2.19. The lowest BCUT2D eigenvalue weighted by atomic mass is 9.94. The van der Waals surface area contributed by atoms with Crippen LogP contribution >= 0.6 is 0 Å². The molecule has 1 unspecified atom stereocenters. The molecule has 0 radical (unpaired) electrons. The van der Waals surface area contributed by atoms with Gasteiger partial charge in [0.2, 0.25) is 0 Å². The van der Waals surface area contributed by atoms with Crippen molar-refractivity contribution in [3.63, 3.8) is 0 Å². The molecule has 0 bridgehead atoms. The molecule has 0 spiro atoms. The predicted octanol–water partition coefficient (Wildman–Crippen LogP) is 7.77.